The molecular formula is C45H63N2P. The van der Waals surface area contributed by atoms with Crippen LogP contribution < -0.4 is 15.5 Å². The zero-order valence-electron chi connectivity index (χ0n) is 31.8. The Balaban J connectivity index is 0.00000193. The zero-order valence-corrected chi connectivity index (χ0v) is 32.9. The third kappa shape index (κ3) is 8.92. The summed E-state index contributed by atoms with van der Waals surface area (Å²) in [6, 6.07) is 9.76. The van der Waals surface area contributed by atoms with Gasteiger partial charge in [-0.05, 0) is 83.8 Å². The van der Waals surface area contributed by atoms with Crippen LogP contribution in [-0.2, 0) is 23.7 Å². The summed E-state index contributed by atoms with van der Waals surface area (Å²) in [7, 11) is 5.30. The number of nitrogens with one attached hydrogen (secondary N) is 1. The Bertz CT molecular complexity index is 1570. The predicted octanol–water partition coefficient (Wildman–Crippen LogP) is 11.3. The summed E-state index contributed by atoms with van der Waals surface area (Å²) in [4.78, 5) is 2.36. The Hall–Kier alpha value is -3.53. The molecule has 2 aliphatic rings. The molecule has 3 heteroatoms. The van der Waals surface area contributed by atoms with Gasteiger partial charge in [-0.15, -0.1) is 22.1 Å². The largest absolute Gasteiger partial charge is 0.374 e. The molecule has 1 N–H and O–H groups in total. The molecule has 0 bridgehead atoms. The van der Waals surface area contributed by atoms with E-state index in [4.69, 9.17) is 0 Å². The molecule has 2 aliphatic carbocycles. The number of benzene rings is 2. The highest BCUT2D eigenvalue weighted by molar-refractivity contribution is 7.27. The van der Waals surface area contributed by atoms with E-state index in [0.717, 1.165) is 44.2 Å². The monoisotopic (exact) mass is 662 g/mol. The van der Waals surface area contributed by atoms with Crippen LogP contribution in [0.4, 0.5) is 11.4 Å². The fourth-order valence-electron chi connectivity index (χ4n) is 6.87. The van der Waals surface area contributed by atoms with Gasteiger partial charge in [-0.2, -0.15) is 0 Å². The number of terminal acetylenes is 1. The van der Waals surface area contributed by atoms with Crippen molar-refractivity contribution in [2.75, 3.05) is 23.8 Å². The molecule has 0 spiro atoms. The molecule has 2 nitrogen and oxygen atoms in total. The van der Waals surface area contributed by atoms with Gasteiger partial charge in [0.25, 0.3) is 0 Å². The number of aryl methyl sites for hydroxylation is 2. The number of hydrogen-bond acceptors (Lipinski definition) is 2. The highest BCUT2D eigenvalue weighted by Gasteiger charge is 2.33. The first-order valence-corrected chi connectivity index (χ1v) is 18.4. The number of rotatable bonds is 13. The summed E-state index contributed by atoms with van der Waals surface area (Å²) in [6.07, 6.45) is 28.4. The molecular weight excluding hydrogens is 599 g/mol. The minimum atomic E-state index is -0.0563. The molecule has 0 heterocycles. The second-order valence-electron chi connectivity index (χ2n) is 13.6. The molecule has 258 valence electrons. The van der Waals surface area contributed by atoms with Crippen molar-refractivity contribution in [1.82, 2.24) is 0 Å². The summed E-state index contributed by atoms with van der Waals surface area (Å²) in [5, 5.41) is 5.15. The van der Waals surface area contributed by atoms with Crippen molar-refractivity contribution in [2.45, 2.75) is 111 Å². The molecule has 48 heavy (non-hydrogen) atoms. The maximum absolute atomic E-state index is 4.19. The van der Waals surface area contributed by atoms with Gasteiger partial charge in [0.2, 0.25) is 0 Å². The van der Waals surface area contributed by atoms with E-state index < -0.39 is 0 Å². The van der Waals surface area contributed by atoms with E-state index in [0.29, 0.717) is 0 Å². The second-order valence-corrected chi connectivity index (χ2v) is 14.2. The van der Waals surface area contributed by atoms with Gasteiger partial charge in [0.15, 0.2) is 0 Å². The molecule has 0 saturated carbocycles. The van der Waals surface area contributed by atoms with E-state index in [-0.39, 0.29) is 16.9 Å². The van der Waals surface area contributed by atoms with Crippen LogP contribution in [0.2, 0.25) is 0 Å². The van der Waals surface area contributed by atoms with Crippen LogP contribution in [0.5, 0.6) is 0 Å². The van der Waals surface area contributed by atoms with E-state index >= 15 is 0 Å². The van der Waals surface area contributed by atoms with Crippen molar-refractivity contribution >= 4 is 25.9 Å². The third-order valence-electron chi connectivity index (χ3n) is 10.2. The molecule has 2 aromatic carbocycles. The smallest absolute Gasteiger partial charge is 0.0695 e. The van der Waals surface area contributed by atoms with Crippen molar-refractivity contribution < 1.29 is 0 Å². The van der Waals surface area contributed by atoms with Crippen LogP contribution in [0.3, 0.4) is 0 Å². The number of hydrogen-bond donors (Lipinski definition) is 1. The van der Waals surface area contributed by atoms with E-state index in [2.05, 4.69) is 156 Å². The summed E-state index contributed by atoms with van der Waals surface area (Å²) in [6.45, 7) is 29.4. The fraction of sp³-hybridized carbons (Fsp3) is 0.422. The Morgan fingerprint density at radius 3 is 2.10 bits per heavy atom. The van der Waals surface area contributed by atoms with E-state index in [1.54, 1.807) is 0 Å². The van der Waals surface area contributed by atoms with E-state index in [1.165, 1.54) is 55.6 Å². The molecule has 4 rings (SSSR count). The summed E-state index contributed by atoms with van der Waals surface area (Å²) in [5.74, 6) is 0. The first kappa shape index (κ1) is 40.6. The van der Waals surface area contributed by atoms with Crippen molar-refractivity contribution in [2.24, 2.45) is 0 Å². The third-order valence-corrected chi connectivity index (χ3v) is 10.8. The summed E-state index contributed by atoms with van der Waals surface area (Å²) in [5.41, 5.74) is 13.7. The zero-order chi connectivity index (χ0) is 36.2. The van der Waals surface area contributed by atoms with Crippen LogP contribution in [0, 0.1) is 19.8 Å². The van der Waals surface area contributed by atoms with Gasteiger partial charge >= 0.3 is 0 Å². The lowest BCUT2D eigenvalue weighted by molar-refractivity contribution is 0.547. The van der Waals surface area contributed by atoms with E-state index in [9.17, 15) is 0 Å². The molecule has 0 amide bonds. The highest BCUT2D eigenvalue weighted by Crippen LogP contribution is 2.44. The van der Waals surface area contributed by atoms with Gasteiger partial charge < -0.3 is 10.2 Å². The van der Waals surface area contributed by atoms with Crippen molar-refractivity contribution in [1.29, 1.82) is 0 Å². The van der Waals surface area contributed by atoms with Gasteiger partial charge in [0.1, 0.15) is 0 Å². The Morgan fingerprint density at radius 1 is 1.00 bits per heavy atom. The first-order chi connectivity index (χ1) is 22.9. The molecule has 2 aromatic rings. The van der Waals surface area contributed by atoms with Gasteiger partial charge in [-0.1, -0.05) is 140 Å². The molecule has 0 fully saturated rings. The SMILES string of the molecule is C#C.C=C/C=C\CCN(C)c1ccc(C(C)(C)C2=CC=C(C(C)(C)c3cc(CC)c(NC4C=CC4=C)c(CC)c3P)CC2)cc1C.CC. The lowest BCUT2D eigenvalue weighted by Gasteiger charge is -2.37. The fourth-order valence-corrected chi connectivity index (χ4v) is 7.67. The van der Waals surface area contributed by atoms with Crippen LogP contribution in [0.1, 0.15) is 102 Å². The quantitative estimate of drug-likeness (QED) is 0.130. The summed E-state index contributed by atoms with van der Waals surface area (Å²) >= 11 is 0. The second kappa shape index (κ2) is 18.3. The number of nitrogens with zero attached hydrogens (tertiary/aromatic N) is 1. The number of anilines is 2. The van der Waals surface area contributed by atoms with Crippen molar-refractivity contribution in [3.63, 3.8) is 0 Å². The normalized spacial score (nSPS) is 15.7. The Labute approximate surface area is 297 Å². The predicted molar refractivity (Wildman–Crippen MR) is 221 cm³/mol. The molecule has 0 radical (unpaired) electrons. The Morgan fingerprint density at radius 2 is 1.62 bits per heavy atom. The maximum Gasteiger partial charge on any atom is 0.0695 e. The van der Waals surface area contributed by atoms with Gasteiger partial charge in [-0.3, -0.25) is 0 Å². The van der Waals surface area contributed by atoms with Crippen molar-refractivity contribution in [3.05, 3.63) is 124 Å². The number of allylic oxidation sites excluding steroid dienone is 6. The van der Waals surface area contributed by atoms with Crippen molar-refractivity contribution in [3.8, 4) is 12.8 Å². The summed E-state index contributed by atoms with van der Waals surface area (Å²) < 4.78 is 0. The molecule has 0 aromatic heterocycles. The van der Waals surface area contributed by atoms with Crippen LogP contribution in [0.15, 0.2) is 96.7 Å². The Kier molecular flexibility index (Phi) is 15.5. The highest BCUT2D eigenvalue weighted by atomic mass is 31.0. The van der Waals surface area contributed by atoms with Crippen LogP contribution in [0.25, 0.3) is 0 Å². The van der Waals surface area contributed by atoms with Crippen LogP contribution in [-0.4, -0.2) is 19.6 Å². The lowest BCUT2D eigenvalue weighted by Crippen LogP contribution is -2.31. The average molecular weight is 663 g/mol. The van der Waals surface area contributed by atoms with Crippen LogP contribution >= 0.6 is 9.24 Å². The van der Waals surface area contributed by atoms with Gasteiger partial charge in [-0.25, -0.2) is 0 Å². The minimum absolute atomic E-state index is 0.0233. The molecule has 0 saturated heterocycles. The van der Waals surface area contributed by atoms with Gasteiger partial charge in [0.05, 0.1) is 6.04 Å². The molecule has 0 aliphatic heterocycles. The van der Waals surface area contributed by atoms with E-state index in [1.807, 2.05) is 26.0 Å². The maximum atomic E-state index is 4.19. The molecule has 2 unspecified atom stereocenters. The first-order valence-electron chi connectivity index (χ1n) is 17.8. The average Bonchev–Trinajstić information content (AvgIpc) is 3.09. The standard InChI is InChI=1S/C41H55N2P.C2H6.C2H2/c1-11-14-15-16-25-43(10)37-24-22-33(26-29(37)5)40(6,7)31-18-20-32(21-19-31)41(8,9)35-27-30(12-2)38(34(13-3)39(35)44)42-36-23-17-28(36)4;2*1-2/h11,14-15,17-18,20,22-24,26-27,36,42H,1,4,12-13,16,19,21,25,44H2,2-3,5-10H3;1-2H3;1-2H/b15-14-;;. The minimum Gasteiger partial charge on any atom is -0.374 e. The van der Waals surface area contributed by atoms with Gasteiger partial charge in [0, 0.05) is 35.8 Å². The lowest BCUT2D eigenvalue weighted by atomic mass is 9.69. The topological polar surface area (TPSA) is 15.3 Å². The molecule has 2 atom stereocenters.